The summed E-state index contributed by atoms with van der Waals surface area (Å²) in [6.45, 7) is 2.67. The summed E-state index contributed by atoms with van der Waals surface area (Å²) in [7, 11) is 0. The predicted molar refractivity (Wildman–Crippen MR) is 67.2 cm³/mol. The lowest BCUT2D eigenvalue weighted by Gasteiger charge is -2.08. The van der Waals surface area contributed by atoms with Gasteiger partial charge in [0.15, 0.2) is 0 Å². The molecule has 0 spiro atoms. The highest BCUT2D eigenvalue weighted by Crippen LogP contribution is 2.15. The van der Waals surface area contributed by atoms with E-state index in [9.17, 15) is 0 Å². The van der Waals surface area contributed by atoms with Crippen LogP contribution in [0.15, 0.2) is 30.5 Å². The van der Waals surface area contributed by atoms with Crippen molar-refractivity contribution >= 4 is 16.8 Å². The van der Waals surface area contributed by atoms with E-state index in [1.54, 1.807) is 6.20 Å². The number of hydrogen-bond acceptors (Lipinski definition) is 4. The molecule has 0 aliphatic heterocycles. The van der Waals surface area contributed by atoms with Crippen LogP contribution in [-0.4, -0.2) is 22.7 Å². The van der Waals surface area contributed by atoms with Crippen LogP contribution in [0.2, 0.25) is 0 Å². The van der Waals surface area contributed by atoms with Crippen LogP contribution in [0.4, 0.5) is 0 Å². The average Bonchev–Trinajstić information content (AvgIpc) is 2.38. The molecule has 0 amide bonds. The summed E-state index contributed by atoms with van der Waals surface area (Å²) >= 11 is 0. The number of fused-ring (bicyclic) bond motifs is 1. The summed E-state index contributed by atoms with van der Waals surface area (Å²) in [5.74, 6) is 0.171. The summed E-state index contributed by atoms with van der Waals surface area (Å²) in [6, 6.07) is 7.64. The molecule has 4 nitrogen and oxygen atoms in total. The van der Waals surface area contributed by atoms with E-state index >= 15 is 0 Å². The van der Waals surface area contributed by atoms with Gasteiger partial charge in [0.25, 0.3) is 0 Å². The lowest BCUT2D eigenvalue weighted by Crippen LogP contribution is -2.08. The second kappa shape index (κ2) is 5.39. The molecule has 2 rings (SSSR count). The molecule has 4 heteroatoms. The lowest BCUT2D eigenvalue weighted by molar-refractivity contribution is 0.295. The smallest absolute Gasteiger partial charge is 0.215 e. The molecular weight excluding hydrogens is 214 g/mol. The molecule has 0 bridgehead atoms. The minimum atomic E-state index is 0.171. The zero-order valence-corrected chi connectivity index (χ0v) is 9.81. The third-order valence-electron chi connectivity index (χ3n) is 2.54. The first-order valence-electron chi connectivity index (χ1n) is 5.75. The van der Waals surface area contributed by atoms with Gasteiger partial charge in [0, 0.05) is 5.39 Å². The Morgan fingerprint density at radius 1 is 1.35 bits per heavy atom. The van der Waals surface area contributed by atoms with Crippen molar-refractivity contribution in [2.24, 2.45) is 0 Å². The highest BCUT2D eigenvalue weighted by Gasteiger charge is 2.08. The van der Waals surface area contributed by atoms with Crippen molar-refractivity contribution in [2.75, 3.05) is 6.61 Å². The van der Waals surface area contributed by atoms with Crippen molar-refractivity contribution < 1.29 is 4.74 Å². The maximum absolute atomic E-state index is 7.90. The molecule has 0 aliphatic carbocycles. The fraction of sp³-hybridized carbons (Fsp3) is 0.308. The molecule has 1 aromatic carbocycles. The van der Waals surface area contributed by atoms with Crippen LogP contribution in [0.25, 0.3) is 10.9 Å². The molecule has 1 N–H and O–H groups in total. The summed E-state index contributed by atoms with van der Waals surface area (Å²) in [4.78, 5) is 0. The van der Waals surface area contributed by atoms with E-state index in [0.29, 0.717) is 12.2 Å². The number of unbranched alkanes of at least 4 members (excludes halogenated alkanes) is 1. The van der Waals surface area contributed by atoms with Gasteiger partial charge in [-0.1, -0.05) is 31.5 Å². The number of nitrogens with one attached hydrogen (secondary N) is 1. The van der Waals surface area contributed by atoms with Crippen molar-refractivity contribution in [1.82, 2.24) is 10.2 Å². The third kappa shape index (κ3) is 2.58. The van der Waals surface area contributed by atoms with Crippen LogP contribution in [-0.2, 0) is 4.74 Å². The number of benzene rings is 1. The molecule has 0 saturated carbocycles. The summed E-state index contributed by atoms with van der Waals surface area (Å²) in [5, 5.41) is 16.7. The first kappa shape index (κ1) is 11.5. The SMILES string of the molecule is CCCCOC(=N)c1cnnc2ccccc12. The average molecular weight is 229 g/mol. The number of hydrogen-bond donors (Lipinski definition) is 1. The van der Waals surface area contributed by atoms with Crippen molar-refractivity contribution in [1.29, 1.82) is 5.41 Å². The van der Waals surface area contributed by atoms with Crippen molar-refractivity contribution in [3.63, 3.8) is 0 Å². The Kier molecular flexibility index (Phi) is 3.65. The first-order valence-corrected chi connectivity index (χ1v) is 5.75. The second-order valence-electron chi connectivity index (χ2n) is 3.81. The normalized spacial score (nSPS) is 10.4. The van der Waals surface area contributed by atoms with Gasteiger partial charge in [-0.05, 0) is 12.5 Å². The molecule has 0 atom stereocenters. The van der Waals surface area contributed by atoms with E-state index in [0.717, 1.165) is 23.7 Å². The third-order valence-corrected chi connectivity index (χ3v) is 2.54. The minimum Gasteiger partial charge on any atom is -0.478 e. The summed E-state index contributed by atoms with van der Waals surface area (Å²) in [5.41, 5.74) is 1.49. The zero-order valence-electron chi connectivity index (χ0n) is 9.81. The second-order valence-corrected chi connectivity index (χ2v) is 3.81. The zero-order chi connectivity index (χ0) is 12.1. The van der Waals surface area contributed by atoms with E-state index in [1.807, 2.05) is 24.3 Å². The van der Waals surface area contributed by atoms with Gasteiger partial charge in [0.05, 0.1) is 23.9 Å². The molecule has 1 aromatic heterocycles. The fourth-order valence-electron chi connectivity index (χ4n) is 1.58. The van der Waals surface area contributed by atoms with Crippen molar-refractivity contribution in [2.45, 2.75) is 19.8 Å². The largest absolute Gasteiger partial charge is 0.478 e. The number of aromatic nitrogens is 2. The molecule has 88 valence electrons. The van der Waals surface area contributed by atoms with Crippen LogP contribution in [0, 0.1) is 5.41 Å². The summed E-state index contributed by atoms with van der Waals surface area (Å²) in [6.07, 6.45) is 3.60. The van der Waals surface area contributed by atoms with Crippen LogP contribution >= 0.6 is 0 Å². The maximum atomic E-state index is 7.90. The fourth-order valence-corrected chi connectivity index (χ4v) is 1.58. The van der Waals surface area contributed by atoms with Gasteiger partial charge < -0.3 is 4.74 Å². The standard InChI is InChI=1S/C13H15N3O/c1-2-3-8-17-13(14)11-9-15-16-12-7-5-4-6-10(11)12/h4-7,9,14H,2-3,8H2,1H3. The Morgan fingerprint density at radius 3 is 3.00 bits per heavy atom. The van der Waals surface area contributed by atoms with Crippen LogP contribution in [0.1, 0.15) is 25.3 Å². The van der Waals surface area contributed by atoms with Crippen LogP contribution in [0.3, 0.4) is 0 Å². The van der Waals surface area contributed by atoms with E-state index in [2.05, 4.69) is 17.1 Å². The molecule has 0 aliphatic rings. The number of rotatable bonds is 4. The summed E-state index contributed by atoms with van der Waals surface area (Å²) < 4.78 is 5.39. The quantitative estimate of drug-likeness (QED) is 0.498. The Hall–Kier alpha value is -1.97. The molecule has 0 fully saturated rings. The van der Waals surface area contributed by atoms with Gasteiger partial charge in [-0.25, -0.2) is 0 Å². The number of ether oxygens (including phenoxy) is 1. The van der Waals surface area contributed by atoms with E-state index in [4.69, 9.17) is 10.1 Å². The molecule has 0 radical (unpaired) electrons. The molecule has 0 unspecified atom stereocenters. The highest BCUT2D eigenvalue weighted by molar-refractivity contribution is 6.03. The molecule has 0 saturated heterocycles. The van der Waals surface area contributed by atoms with Crippen molar-refractivity contribution in [3.8, 4) is 0 Å². The van der Waals surface area contributed by atoms with Gasteiger partial charge >= 0.3 is 0 Å². The Morgan fingerprint density at radius 2 is 2.18 bits per heavy atom. The van der Waals surface area contributed by atoms with Crippen LogP contribution < -0.4 is 0 Å². The molecular formula is C13H15N3O. The molecule has 1 heterocycles. The van der Waals surface area contributed by atoms with E-state index in [-0.39, 0.29) is 5.90 Å². The monoisotopic (exact) mass is 229 g/mol. The maximum Gasteiger partial charge on any atom is 0.215 e. The van der Waals surface area contributed by atoms with Crippen LogP contribution in [0.5, 0.6) is 0 Å². The molecule has 17 heavy (non-hydrogen) atoms. The van der Waals surface area contributed by atoms with Gasteiger partial charge in [-0.3, -0.25) is 5.41 Å². The lowest BCUT2D eigenvalue weighted by atomic mass is 10.1. The Bertz CT molecular complexity index is 520. The predicted octanol–water partition coefficient (Wildman–Crippen LogP) is 2.77. The molecule has 2 aromatic rings. The minimum absolute atomic E-state index is 0.171. The first-order chi connectivity index (χ1) is 8.33. The van der Waals surface area contributed by atoms with Crippen molar-refractivity contribution in [3.05, 3.63) is 36.0 Å². The highest BCUT2D eigenvalue weighted by atomic mass is 16.5. The topological polar surface area (TPSA) is 58.9 Å². The van der Waals surface area contributed by atoms with Gasteiger partial charge in [-0.2, -0.15) is 10.2 Å². The van der Waals surface area contributed by atoms with Gasteiger partial charge in [0.1, 0.15) is 0 Å². The Labute approximate surface area is 100 Å². The van der Waals surface area contributed by atoms with E-state index in [1.165, 1.54) is 0 Å². The van der Waals surface area contributed by atoms with Gasteiger partial charge in [-0.15, -0.1) is 0 Å². The number of nitrogens with zero attached hydrogens (tertiary/aromatic N) is 2. The van der Waals surface area contributed by atoms with Gasteiger partial charge in [0.2, 0.25) is 5.90 Å². The Balaban J connectivity index is 2.26. The van der Waals surface area contributed by atoms with E-state index < -0.39 is 0 Å².